The highest BCUT2D eigenvalue weighted by Crippen LogP contribution is 2.16. The Hall–Kier alpha value is -2.42. The first-order valence-corrected chi connectivity index (χ1v) is 25.6. The van der Waals surface area contributed by atoms with Crippen LogP contribution in [-0.2, 0) is 33.4 Å². The molecular weight excluding hydrogens is 797 g/mol. The zero-order valence-corrected chi connectivity index (χ0v) is 39.4. The van der Waals surface area contributed by atoms with Crippen molar-refractivity contribution in [2.45, 2.75) is 237 Å². The van der Waals surface area contributed by atoms with Crippen LogP contribution in [0.25, 0.3) is 0 Å². The number of ether oxygens (including phenoxy) is 2. The minimum Gasteiger partial charge on any atom is -0.480 e. The summed E-state index contributed by atoms with van der Waals surface area (Å²) < 4.78 is 11.3. The number of nitrogens with one attached hydrogen (secondary N) is 2. The number of nitrogens with two attached hydrogens (primary N) is 2. The van der Waals surface area contributed by atoms with Crippen molar-refractivity contribution < 1.29 is 43.7 Å². The number of thioether (sulfide) groups is 1. The van der Waals surface area contributed by atoms with Crippen molar-refractivity contribution in [1.29, 1.82) is 0 Å². The third-order valence-corrected chi connectivity index (χ3v) is 12.2. The van der Waals surface area contributed by atoms with Crippen molar-refractivity contribution in [3.8, 4) is 0 Å². The number of rotatable bonds is 45. The fourth-order valence-corrected chi connectivity index (χ4v) is 8.06. The number of hydrogen-bond donors (Lipinski definition) is 6. The van der Waals surface area contributed by atoms with Gasteiger partial charge < -0.3 is 41.8 Å². The molecule has 0 saturated carbocycles. The Morgan fingerprint density at radius 1 is 0.557 bits per heavy atom. The van der Waals surface area contributed by atoms with Gasteiger partial charge in [0.15, 0.2) is 0 Å². The maximum absolute atomic E-state index is 12.9. The molecule has 0 heterocycles. The second kappa shape index (κ2) is 42.9. The number of hydrogen-bond acceptors (Lipinski definition) is 11. The number of esters is 2. The highest BCUT2D eigenvalue weighted by atomic mass is 32.2. The van der Waals surface area contributed by atoms with Gasteiger partial charge in [0.25, 0.3) is 0 Å². The van der Waals surface area contributed by atoms with Crippen LogP contribution >= 0.6 is 11.8 Å². The average molecular weight is 887 g/mol. The third-order valence-electron chi connectivity index (χ3n) is 11.0. The van der Waals surface area contributed by atoms with Gasteiger partial charge in [-0.1, -0.05) is 168 Å². The van der Waals surface area contributed by atoms with Crippen molar-refractivity contribution in [3.63, 3.8) is 0 Å². The number of amides is 2. The topological polar surface area (TPSA) is 220 Å². The summed E-state index contributed by atoms with van der Waals surface area (Å²) >= 11 is 1.24. The van der Waals surface area contributed by atoms with E-state index in [1.807, 2.05) is 0 Å². The third kappa shape index (κ3) is 36.7. The molecule has 0 bridgehead atoms. The van der Waals surface area contributed by atoms with Crippen LogP contribution in [0.5, 0.6) is 0 Å². The molecule has 13 nitrogen and oxygen atoms in total. The highest BCUT2D eigenvalue weighted by molar-refractivity contribution is 7.99. The number of aliphatic hydroxyl groups excluding tert-OH is 1. The normalized spacial score (nSPS) is 13.3. The van der Waals surface area contributed by atoms with Gasteiger partial charge in [0.2, 0.25) is 11.8 Å². The Morgan fingerprint density at radius 2 is 0.984 bits per heavy atom. The fraction of sp³-hybridized carbons (Fsp3) is 0.894. The molecule has 0 aromatic rings. The second-order valence-corrected chi connectivity index (χ2v) is 17.9. The summed E-state index contributed by atoms with van der Waals surface area (Å²) in [6, 6.07) is -3.68. The van der Waals surface area contributed by atoms with Crippen molar-refractivity contribution in [3.05, 3.63) is 0 Å². The van der Waals surface area contributed by atoms with Gasteiger partial charge in [0.1, 0.15) is 24.8 Å². The first-order chi connectivity index (χ1) is 29.6. The molecule has 0 rings (SSSR count). The smallest absolute Gasteiger partial charge is 0.326 e. The zero-order valence-electron chi connectivity index (χ0n) is 38.6. The molecule has 14 heteroatoms. The summed E-state index contributed by atoms with van der Waals surface area (Å²) in [5, 5.41) is 24.0. The van der Waals surface area contributed by atoms with E-state index in [1.54, 1.807) is 0 Å². The molecule has 0 spiro atoms. The molecule has 358 valence electrons. The first kappa shape index (κ1) is 58.6. The predicted octanol–water partition coefficient (Wildman–Crippen LogP) is 8.64. The van der Waals surface area contributed by atoms with Crippen LogP contribution in [0.2, 0.25) is 0 Å². The van der Waals surface area contributed by atoms with Crippen LogP contribution < -0.4 is 22.1 Å². The maximum atomic E-state index is 12.9. The average Bonchev–Trinajstić information content (AvgIpc) is 3.24. The van der Waals surface area contributed by atoms with Crippen molar-refractivity contribution in [1.82, 2.24) is 10.6 Å². The number of carbonyl (C=O) groups is 5. The summed E-state index contributed by atoms with van der Waals surface area (Å²) in [5.41, 5.74) is 11.6. The maximum Gasteiger partial charge on any atom is 0.326 e. The van der Waals surface area contributed by atoms with Gasteiger partial charge in [0.05, 0.1) is 12.6 Å². The van der Waals surface area contributed by atoms with E-state index in [0.717, 1.165) is 44.9 Å². The summed E-state index contributed by atoms with van der Waals surface area (Å²) in [5.74, 6) is -3.16. The molecule has 0 aliphatic heterocycles. The number of aliphatic carboxylic acids is 1. The zero-order chi connectivity index (χ0) is 45.2. The Bertz CT molecular complexity index is 1100. The van der Waals surface area contributed by atoms with Crippen molar-refractivity contribution in [2.75, 3.05) is 31.3 Å². The molecular formula is C47H90N4O9S. The van der Waals surface area contributed by atoms with Crippen LogP contribution in [-0.4, -0.2) is 95.4 Å². The van der Waals surface area contributed by atoms with Gasteiger partial charge in [0, 0.05) is 24.3 Å². The summed E-state index contributed by atoms with van der Waals surface area (Å²) in [6.07, 6.45) is 32.5. The fourth-order valence-electron chi connectivity index (χ4n) is 7.09. The summed E-state index contributed by atoms with van der Waals surface area (Å²) in [6.45, 7) is 4.02. The van der Waals surface area contributed by atoms with E-state index in [-0.39, 0.29) is 42.9 Å². The molecule has 0 unspecified atom stereocenters. The lowest BCUT2D eigenvalue weighted by atomic mass is 10.0. The Kier molecular flexibility index (Phi) is 41.2. The Morgan fingerprint density at radius 3 is 1.41 bits per heavy atom. The SMILES string of the molecule is CCCCCCCCCCCCCCCC(=O)OC[C@H](CSC[C@H](N)C(=O)N[C@@H](CO)C(=O)N[C@@H](CCCCN)C(=O)O)OC(=O)CCCCCCCCCCCCCCC. The van der Waals surface area contributed by atoms with E-state index in [1.165, 1.54) is 134 Å². The molecule has 0 radical (unpaired) electrons. The Balaban J connectivity index is 4.82. The standard InChI is InChI=1S/C47H90N4O9S/c1-3-5-7-9-11-13-15-17-19-21-23-25-27-32-43(53)59-36-39(60-44(54)33-28-26-24-22-20-18-16-14-12-10-8-6-4-2)37-61-38-40(49)45(55)51-42(35-52)46(56)50-41(47(57)58)31-29-30-34-48/h39-42,52H,3-38,48-49H2,1-2H3,(H,50,56)(H,51,55)(H,57,58)/t39-,40+,41+,42+/m1/s1. The molecule has 0 saturated heterocycles. The van der Waals surface area contributed by atoms with Crippen LogP contribution in [0.3, 0.4) is 0 Å². The van der Waals surface area contributed by atoms with Crippen molar-refractivity contribution in [2.24, 2.45) is 11.5 Å². The molecule has 8 N–H and O–H groups in total. The molecule has 0 aliphatic carbocycles. The summed E-state index contributed by atoms with van der Waals surface area (Å²) in [7, 11) is 0. The van der Waals surface area contributed by atoms with E-state index < -0.39 is 48.6 Å². The predicted molar refractivity (Wildman–Crippen MR) is 248 cm³/mol. The molecule has 0 aromatic heterocycles. The molecule has 2 amide bonds. The van der Waals surface area contributed by atoms with Crippen LogP contribution in [0.15, 0.2) is 0 Å². The largest absolute Gasteiger partial charge is 0.480 e. The monoisotopic (exact) mass is 887 g/mol. The Labute approximate surface area is 374 Å². The van der Waals surface area contributed by atoms with E-state index >= 15 is 0 Å². The second-order valence-electron chi connectivity index (χ2n) is 16.9. The van der Waals surface area contributed by atoms with E-state index in [9.17, 15) is 34.2 Å². The minimum atomic E-state index is -1.40. The van der Waals surface area contributed by atoms with Gasteiger partial charge in [-0.3, -0.25) is 19.2 Å². The number of carboxylic acid groups (broad SMARTS) is 1. The van der Waals surface area contributed by atoms with E-state index in [0.29, 0.717) is 25.8 Å². The van der Waals surface area contributed by atoms with Crippen LogP contribution in [0, 0.1) is 0 Å². The van der Waals surface area contributed by atoms with Gasteiger partial charge in [-0.2, -0.15) is 11.8 Å². The van der Waals surface area contributed by atoms with Gasteiger partial charge in [-0.15, -0.1) is 0 Å². The summed E-state index contributed by atoms with van der Waals surface area (Å²) in [4.78, 5) is 62.7. The number of carbonyl (C=O) groups excluding carboxylic acids is 4. The number of unbranched alkanes of at least 4 members (excludes halogenated alkanes) is 25. The number of aliphatic hydroxyl groups is 1. The quantitative estimate of drug-likeness (QED) is 0.0250. The van der Waals surface area contributed by atoms with Crippen LogP contribution in [0.4, 0.5) is 0 Å². The van der Waals surface area contributed by atoms with Crippen molar-refractivity contribution >= 4 is 41.5 Å². The van der Waals surface area contributed by atoms with Gasteiger partial charge in [-0.05, 0) is 38.6 Å². The first-order valence-electron chi connectivity index (χ1n) is 24.4. The van der Waals surface area contributed by atoms with E-state index in [2.05, 4.69) is 24.5 Å². The molecule has 0 aromatic carbocycles. The van der Waals surface area contributed by atoms with E-state index in [4.69, 9.17) is 20.9 Å². The van der Waals surface area contributed by atoms with Gasteiger partial charge in [-0.25, -0.2) is 4.79 Å². The molecule has 61 heavy (non-hydrogen) atoms. The highest BCUT2D eigenvalue weighted by Gasteiger charge is 2.28. The molecule has 0 aliphatic rings. The van der Waals surface area contributed by atoms with Crippen LogP contribution in [0.1, 0.15) is 213 Å². The lowest BCUT2D eigenvalue weighted by molar-refractivity contribution is -0.157. The lowest BCUT2D eigenvalue weighted by Crippen LogP contribution is -2.56. The minimum absolute atomic E-state index is 0.0856. The number of carboxylic acids is 1. The lowest BCUT2D eigenvalue weighted by Gasteiger charge is -2.22. The molecule has 4 atom stereocenters. The van der Waals surface area contributed by atoms with Gasteiger partial charge >= 0.3 is 17.9 Å². The molecule has 0 fully saturated rings.